The molecule has 134 valence electrons. The Balaban J connectivity index is 1.57. The Hall–Kier alpha value is -2.66. The molecule has 0 aliphatic heterocycles. The summed E-state index contributed by atoms with van der Waals surface area (Å²) in [4.78, 5) is 4.68. The number of allylic oxidation sites excluding steroid dienone is 1. The zero-order valence-electron chi connectivity index (χ0n) is 15.0. The summed E-state index contributed by atoms with van der Waals surface area (Å²) < 4.78 is 1.94. The molecule has 4 rings (SSSR count). The molecule has 5 heteroatoms. The summed E-state index contributed by atoms with van der Waals surface area (Å²) >= 11 is 0. The number of hydrogen-bond donors (Lipinski definition) is 2. The van der Waals surface area contributed by atoms with E-state index in [0.29, 0.717) is 12.5 Å². The first kappa shape index (κ1) is 16.8. The Morgan fingerprint density at radius 3 is 2.73 bits per heavy atom. The molecule has 2 heterocycles. The second-order valence-corrected chi connectivity index (χ2v) is 6.96. The number of aromatic nitrogens is 3. The van der Waals surface area contributed by atoms with E-state index in [2.05, 4.69) is 47.2 Å². The molecule has 5 nitrogen and oxygen atoms in total. The molecule has 1 aromatic carbocycles. The first-order chi connectivity index (χ1) is 12.7. The van der Waals surface area contributed by atoms with Crippen LogP contribution in [0.2, 0.25) is 0 Å². The number of fused-ring (bicyclic) bond motifs is 1. The molecule has 0 atom stereocenters. The Bertz CT molecular complexity index is 906. The minimum absolute atomic E-state index is 0.681. The molecule has 1 saturated carbocycles. The second-order valence-electron chi connectivity index (χ2n) is 6.96. The highest BCUT2D eigenvalue weighted by Crippen LogP contribution is 2.36. The fraction of sp³-hybridized carbons (Fsp3) is 0.333. The Morgan fingerprint density at radius 2 is 2.00 bits per heavy atom. The van der Waals surface area contributed by atoms with Crippen molar-refractivity contribution in [2.24, 2.45) is 11.7 Å². The van der Waals surface area contributed by atoms with Crippen LogP contribution in [0.1, 0.15) is 25.1 Å². The highest BCUT2D eigenvalue weighted by atomic mass is 15.3. The molecule has 3 aromatic rings. The first-order valence-corrected chi connectivity index (χ1v) is 9.31. The number of hydrogen-bond acceptors (Lipinski definition) is 4. The molecule has 2 aromatic heterocycles. The van der Waals surface area contributed by atoms with E-state index in [-0.39, 0.29) is 0 Å². The average Bonchev–Trinajstić information content (AvgIpc) is 3.43. The predicted octanol–water partition coefficient (Wildman–Crippen LogP) is 3.67. The van der Waals surface area contributed by atoms with Crippen LogP contribution < -0.4 is 11.1 Å². The van der Waals surface area contributed by atoms with Crippen molar-refractivity contribution in [2.45, 2.75) is 25.7 Å². The molecule has 0 unspecified atom stereocenters. The topological polar surface area (TPSA) is 68.2 Å². The van der Waals surface area contributed by atoms with E-state index in [0.717, 1.165) is 47.8 Å². The molecular weight excluding hydrogens is 322 g/mol. The standard InChI is InChI=1S/C21H25N5/c1-15(16-6-7-16)14-20-24-21-5-2-4-19(26(21)25-20)17-8-10-18(11-9-17)23-13-3-12-22/h2,4-5,8-11,16,23H,1,3,6-7,12-14,22H2. The number of nitrogens with zero attached hydrogens (tertiary/aromatic N) is 3. The van der Waals surface area contributed by atoms with Gasteiger partial charge in [0.05, 0.1) is 5.69 Å². The maximum atomic E-state index is 5.54. The van der Waals surface area contributed by atoms with Gasteiger partial charge in [-0.3, -0.25) is 0 Å². The van der Waals surface area contributed by atoms with Gasteiger partial charge in [-0.15, -0.1) is 0 Å². The third-order valence-corrected chi connectivity index (χ3v) is 4.83. The maximum absolute atomic E-state index is 5.54. The molecule has 1 aliphatic rings. The van der Waals surface area contributed by atoms with Gasteiger partial charge < -0.3 is 11.1 Å². The van der Waals surface area contributed by atoms with Crippen LogP contribution in [-0.2, 0) is 6.42 Å². The summed E-state index contributed by atoms with van der Waals surface area (Å²) in [7, 11) is 0. The predicted molar refractivity (Wildman–Crippen MR) is 106 cm³/mol. The smallest absolute Gasteiger partial charge is 0.156 e. The molecular formula is C21H25N5. The molecule has 1 aliphatic carbocycles. The lowest BCUT2D eigenvalue weighted by Gasteiger charge is -2.08. The molecule has 26 heavy (non-hydrogen) atoms. The van der Waals surface area contributed by atoms with Crippen LogP contribution in [0, 0.1) is 5.92 Å². The van der Waals surface area contributed by atoms with Crippen molar-refractivity contribution in [1.29, 1.82) is 0 Å². The Morgan fingerprint density at radius 1 is 1.19 bits per heavy atom. The maximum Gasteiger partial charge on any atom is 0.156 e. The van der Waals surface area contributed by atoms with Gasteiger partial charge in [-0.1, -0.05) is 30.4 Å². The van der Waals surface area contributed by atoms with Gasteiger partial charge in [0, 0.05) is 24.2 Å². The minimum Gasteiger partial charge on any atom is -0.385 e. The van der Waals surface area contributed by atoms with Gasteiger partial charge in [0.2, 0.25) is 0 Å². The van der Waals surface area contributed by atoms with E-state index >= 15 is 0 Å². The van der Waals surface area contributed by atoms with Gasteiger partial charge in [0.1, 0.15) is 0 Å². The molecule has 0 saturated heterocycles. The van der Waals surface area contributed by atoms with Gasteiger partial charge in [-0.25, -0.2) is 9.50 Å². The normalized spacial score (nSPS) is 13.9. The van der Waals surface area contributed by atoms with Crippen molar-refractivity contribution in [1.82, 2.24) is 14.6 Å². The number of pyridine rings is 1. The zero-order chi connectivity index (χ0) is 17.9. The summed E-state index contributed by atoms with van der Waals surface area (Å²) in [5, 5.41) is 8.12. The highest BCUT2D eigenvalue weighted by Gasteiger charge is 2.25. The number of benzene rings is 1. The molecule has 1 fully saturated rings. The van der Waals surface area contributed by atoms with Gasteiger partial charge in [0.15, 0.2) is 11.5 Å². The lowest BCUT2D eigenvalue weighted by atomic mass is 10.1. The van der Waals surface area contributed by atoms with Crippen molar-refractivity contribution in [2.75, 3.05) is 18.4 Å². The van der Waals surface area contributed by atoms with Crippen LogP contribution in [0.3, 0.4) is 0 Å². The molecule has 0 bridgehead atoms. The van der Waals surface area contributed by atoms with Crippen molar-refractivity contribution in [3.8, 4) is 11.3 Å². The van der Waals surface area contributed by atoms with Crippen molar-refractivity contribution < 1.29 is 0 Å². The second kappa shape index (κ2) is 7.30. The quantitative estimate of drug-likeness (QED) is 0.482. The van der Waals surface area contributed by atoms with Crippen molar-refractivity contribution in [3.05, 3.63) is 60.4 Å². The number of nitrogens with one attached hydrogen (secondary N) is 1. The fourth-order valence-corrected chi connectivity index (χ4v) is 3.18. The van der Waals surface area contributed by atoms with Gasteiger partial charge in [-0.05, 0) is 56.0 Å². The monoisotopic (exact) mass is 347 g/mol. The fourth-order valence-electron chi connectivity index (χ4n) is 3.18. The van der Waals surface area contributed by atoms with E-state index in [1.807, 2.05) is 16.6 Å². The van der Waals surface area contributed by atoms with E-state index in [4.69, 9.17) is 10.8 Å². The molecule has 0 radical (unpaired) electrons. The molecule has 0 spiro atoms. The summed E-state index contributed by atoms with van der Waals surface area (Å²) in [6.07, 6.45) is 4.27. The van der Waals surface area contributed by atoms with Crippen molar-refractivity contribution in [3.63, 3.8) is 0 Å². The highest BCUT2D eigenvalue weighted by molar-refractivity contribution is 5.65. The zero-order valence-corrected chi connectivity index (χ0v) is 15.0. The third kappa shape index (κ3) is 3.63. The number of rotatable bonds is 8. The summed E-state index contributed by atoms with van der Waals surface area (Å²) in [6, 6.07) is 14.5. The SMILES string of the molecule is C=C(Cc1nc2cccc(-c3ccc(NCCCN)cc3)n2n1)C1CC1. The minimum atomic E-state index is 0.681. The Kier molecular flexibility index (Phi) is 4.71. The molecule has 0 amide bonds. The number of nitrogens with two attached hydrogens (primary N) is 1. The number of anilines is 1. The van der Waals surface area contributed by atoms with E-state index in [1.54, 1.807) is 0 Å². The molecule has 3 N–H and O–H groups in total. The van der Waals surface area contributed by atoms with Crippen LogP contribution in [0.5, 0.6) is 0 Å². The summed E-state index contributed by atoms with van der Waals surface area (Å²) in [5.41, 5.74) is 11.0. The third-order valence-electron chi connectivity index (χ3n) is 4.83. The van der Waals surface area contributed by atoms with Gasteiger partial charge in [0.25, 0.3) is 0 Å². The first-order valence-electron chi connectivity index (χ1n) is 9.31. The summed E-state index contributed by atoms with van der Waals surface area (Å²) in [6.45, 7) is 5.79. The van der Waals surface area contributed by atoms with E-state index in [9.17, 15) is 0 Å². The average molecular weight is 347 g/mol. The Labute approximate surface area is 153 Å². The van der Waals surface area contributed by atoms with Gasteiger partial charge in [-0.2, -0.15) is 5.10 Å². The van der Waals surface area contributed by atoms with Crippen LogP contribution >= 0.6 is 0 Å². The van der Waals surface area contributed by atoms with E-state index < -0.39 is 0 Å². The van der Waals surface area contributed by atoms with Gasteiger partial charge >= 0.3 is 0 Å². The van der Waals surface area contributed by atoms with Crippen LogP contribution in [0.25, 0.3) is 16.9 Å². The lowest BCUT2D eigenvalue weighted by Crippen LogP contribution is -2.08. The van der Waals surface area contributed by atoms with Crippen LogP contribution in [-0.4, -0.2) is 27.7 Å². The van der Waals surface area contributed by atoms with E-state index in [1.165, 1.54) is 18.4 Å². The summed E-state index contributed by atoms with van der Waals surface area (Å²) in [5.74, 6) is 1.54. The lowest BCUT2D eigenvalue weighted by molar-refractivity contribution is 0.856. The largest absolute Gasteiger partial charge is 0.385 e. The van der Waals surface area contributed by atoms with Crippen molar-refractivity contribution >= 4 is 11.3 Å². The van der Waals surface area contributed by atoms with Crippen LogP contribution in [0.15, 0.2) is 54.6 Å². The van der Waals surface area contributed by atoms with Crippen LogP contribution in [0.4, 0.5) is 5.69 Å².